The van der Waals surface area contributed by atoms with Gasteiger partial charge in [-0.15, -0.1) is 0 Å². The average molecular weight is 363 g/mol. The van der Waals surface area contributed by atoms with E-state index in [9.17, 15) is 0 Å². The zero-order chi connectivity index (χ0) is 17.9. The molecule has 0 aromatic rings. The topological polar surface area (TPSA) is 18.5 Å². The second-order valence-electron chi connectivity index (χ2n) is 10.3. The summed E-state index contributed by atoms with van der Waals surface area (Å²) in [6, 6.07) is 0. The summed E-state index contributed by atoms with van der Waals surface area (Å²) in [5.74, 6) is 5.68. The van der Waals surface area contributed by atoms with Crippen molar-refractivity contribution >= 4 is 0 Å². The first-order valence-electron chi connectivity index (χ1n) is 11.9. The highest BCUT2D eigenvalue weighted by molar-refractivity contribution is 4.89. The van der Waals surface area contributed by atoms with E-state index in [0.717, 1.165) is 42.1 Å². The van der Waals surface area contributed by atoms with Gasteiger partial charge in [0.05, 0.1) is 12.2 Å². The van der Waals surface area contributed by atoms with Crippen LogP contribution in [0.1, 0.15) is 90.4 Å². The van der Waals surface area contributed by atoms with E-state index in [1.165, 1.54) is 83.5 Å². The molecule has 2 heteroatoms. The normalized spacial score (nSPS) is 46.4. The number of hydrogen-bond acceptors (Lipinski definition) is 2. The van der Waals surface area contributed by atoms with Crippen LogP contribution in [-0.2, 0) is 9.47 Å². The Hall–Kier alpha value is -0.0800. The van der Waals surface area contributed by atoms with Crippen molar-refractivity contribution in [3.63, 3.8) is 0 Å². The predicted molar refractivity (Wildman–Crippen MR) is 107 cm³/mol. The van der Waals surface area contributed by atoms with Crippen molar-refractivity contribution in [1.82, 2.24) is 0 Å². The monoisotopic (exact) mass is 362 g/mol. The maximum Gasteiger partial charge on any atom is 0.0602 e. The minimum atomic E-state index is 0.555. The van der Waals surface area contributed by atoms with Crippen LogP contribution >= 0.6 is 0 Å². The highest BCUT2D eigenvalue weighted by Crippen LogP contribution is 2.45. The smallest absolute Gasteiger partial charge is 0.0602 e. The Balaban J connectivity index is 1.17. The molecule has 0 N–H and O–H groups in total. The van der Waals surface area contributed by atoms with E-state index >= 15 is 0 Å². The fourth-order valence-electron chi connectivity index (χ4n) is 7.19. The third kappa shape index (κ3) is 4.49. The van der Waals surface area contributed by atoms with Gasteiger partial charge >= 0.3 is 0 Å². The summed E-state index contributed by atoms with van der Waals surface area (Å²) in [6.45, 7) is 3.48. The number of rotatable bonds is 5. The fraction of sp³-hybridized carbons (Fsp3) is 1.00. The third-order valence-corrected chi connectivity index (χ3v) is 8.70. The van der Waals surface area contributed by atoms with Crippen molar-refractivity contribution in [2.24, 2.45) is 35.5 Å². The van der Waals surface area contributed by atoms with Gasteiger partial charge in [-0.3, -0.25) is 0 Å². The van der Waals surface area contributed by atoms with Gasteiger partial charge in [-0.05, 0) is 106 Å². The van der Waals surface area contributed by atoms with E-state index < -0.39 is 0 Å². The van der Waals surface area contributed by atoms with Crippen LogP contribution in [0.5, 0.6) is 0 Å². The maximum absolute atomic E-state index is 6.42. The Morgan fingerprint density at radius 3 is 2.50 bits per heavy atom. The van der Waals surface area contributed by atoms with Crippen molar-refractivity contribution in [1.29, 1.82) is 0 Å². The second kappa shape index (κ2) is 8.95. The van der Waals surface area contributed by atoms with Crippen molar-refractivity contribution in [3.8, 4) is 0 Å². The van der Waals surface area contributed by atoms with Gasteiger partial charge in [0.1, 0.15) is 0 Å². The van der Waals surface area contributed by atoms with E-state index in [4.69, 9.17) is 9.47 Å². The molecule has 0 radical (unpaired) electrons. The number of ether oxygens (including phenoxy) is 2. The summed E-state index contributed by atoms with van der Waals surface area (Å²) in [7, 11) is 1.93. The Morgan fingerprint density at radius 2 is 1.62 bits per heavy atom. The molecule has 0 bridgehead atoms. The first-order valence-corrected chi connectivity index (χ1v) is 11.9. The SMILES string of the molecule is COC1CCCC2CC(CCOC3CCC4C[C@H](C)CCC4C3)CCC21. The lowest BCUT2D eigenvalue weighted by molar-refractivity contribution is -0.0435. The van der Waals surface area contributed by atoms with E-state index in [2.05, 4.69) is 6.92 Å². The largest absolute Gasteiger partial charge is 0.381 e. The lowest BCUT2D eigenvalue weighted by Crippen LogP contribution is -2.38. The number of fused-ring (bicyclic) bond motifs is 2. The average Bonchev–Trinajstić information content (AvgIpc) is 2.67. The molecule has 4 saturated carbocycles. The van der Waals surface area contributed by atoms with Gasteiger partial charge in [0.2, 0.25) is 0 Å². The summed E-state index contributed by atoms with van der Waals surface area (Å²) >= 11 is 0. The summed E-state index contributed by atoms with van der Waals surface area (Å²) in [6.07, 6.45) is 19.4. The molecule has 2 nitrogen and oxygen atoms in total. The Labute approximate surface area is 161 Å². The molecule has 4 aliphatic rings. The zero-order valence-corrected chi connectivity index (χ0v) is 17.3. The van der Waals surface area contributed by atoms with E-state index in [1.54, 1.807) is 0 Å². The molecular formula is C24H42O2. The molecule has 0 aliphatic heterocycles. The quantitative estimate of drug-likeness (QED) is 0.577. The molecule has 26 heavy (non-hydrogen) atoms. The van der Waals surface area contributed by atoms with Gasteiger partial charge in [-0.2, -0.15) is 0 Å². The molecule has 0 amide bonds. The van der Waals surface area contributed by atoms with Crippen molar-refractivity contribution in [2.75, 3.05) is 13.7 Å². The Bertz CT molecular complexity index is 436. The van der Waals surface area contributed by atoms with Crippen LogP contribution in [0, 0.1) is 35.5 Å². The highest BCUT2D eigenvalue weighted by atomic mass is 16.5. The van der Waals surface area contributed by atoms with Crippen LogP contribution in [0.4, 0.5) is 0 Å². The second-order valence-corrected chi connectivity index (χ2v) is 10.3. The fourth-order valence-corrected chi connectivity index (χ4v) is 7.19. The highest BCUT2D eigenvalue weighted by Gasteiger charge is 2.38. The first-order chi connectivity index (χ1) is 12.7. The van der Waals surface area contributed by atoms with E-state index in [0.29, 0.717) is 12.2 Å². The molecule has 4 fully saturated rings. The van der Waals surface area contributed by atoms with Crippen LogP contribution in [-0.4, -0.2) is 25.9 Å². The molecule has 0 aromatic carbocycles. The van der Waals surface area contributed by atoms with Crippen molar-refractivity contribution in [3.05, 3.63) is 0 Å². The lowest BCUT2D eigenvalue weighted by Gasteiger charge is -2.43. The molecule has 4 aliphatic carbocycles. The Morgan fingerprint density at radius 1 is 0.769 bits per heavy atom. The molecule has 0 saturated heterocycles. The van der Waals surface area contributed by atoms with Crippen LogP contribution in [0.3, 0.4) is 0 Å². The van der Waals surface area contributed by atoms with Gasteiger partial charge in [-0.1, -0.05) is 19.8 Å². The first kappa shape index (κ1) is 19.2. The minimum absolute atomic E-state index is 0.555. The molecule has 0 heterocycles. The van der Waals surface area contributed by atoms with Gasteiger partial charge in [0.25, 0.3) is 0 Å². The molecule has 150 valence electrons. The molecule has 0 spiro atoms. The summed E-state index contributed by atoms with van der Waals surface area (Å²) in [4.78, 5) is 0. The Kier molecular flexibility index (Phi) is 6.62. The van der Waals surface area contributed by atoms with Crippen molar-refractivity contribution < 1.29 is 9.47 Å². The third-order valence-electron chi connectivity index (χ3n) is 8.70. The standard InChI is InChI=1S/C24H42O2/c1-17-6-8-20-16-22(10-9-19(20)14-17)26-13-12-18-7-11-23-21(15-18)4-3-5-24(23)25-2/h17-24H,3-16H2,1-2H3/t17-,18?,19?,20?,21?,22?,23?,24?/m1/s1. The van der Waals surface area contributed by atoms with Gasteiger partial charge < -0.3 is 9.47 Å². The minimum Gasteiger partial charge on any atom is -0.381 e. The van der Waals surface area contributed by atoms with E-state index in [-0.39, 0.29) is 0 Å². The van der Waals surface area contributed by atoms with Crippen LogP contribution in [0.25, 0.3) is 0 Å². The summed E-state index contributed by atoms with van der Waals surface area (Å²) in [5, 5.41) is 0. The van der Waals surface area contributed by atoms with Crippen LogP contribution in [0.2, 0.25) is 0 Å². The molecular weight excluding hydrogens is 320 g/mol. The molecule has 0 aromatic heterocycles. The zero-order valence-electron chi connectivity index (χ0n) is 17.3. The van der Waals surface area contributed by atoms with E-state index in [1.807, 2.05) is 7.11 Å². The lowest BCUT2D eigenvalue weighted by atomic mass is 9.65. The van der Waals surface area contributed by atoms with Crippen LogP contribution < -0.4 is 0 Å². The molecule has 4 rings (SSSR count). The predicted octanol–water partition coefficient (Wildman–Crippen LogP) is 6.23. The molecule has 7 unspecified atom stereocenters. The van der Waals surface area contributed by atoms with Crippen LogP contribution in [0.15, 0.2) is 0 Å². The maximum atomic E-state index is 6.42. The number of methoxy groups -OCH3 is 1. The summed E-state index contributed by atoms with van der Waals surface area (Å²) < 4.78 is 12.2. The summed E-state index contributed by atoms with van der Waals surface area (Å²) in [5.41, 5.74) is 0. The van der Waals surface area contributed by atoms with Crippen molar-refractivity contribution in [2.45, 2.75) is 103 Å². The van der Waals surface area contributed by atoms with Gasteiger partial charge in [0.15, 0.2) is 0 Å². The molecule has 8 atom stereocenters. The number of hydrogen-bond donors (Lipinski definition) is 0. The van der Waals surface area contributed by atoms with Gasteiger partial charge in [0, 0.05) is 13.7 Å². The van der Waals surface area contributed by atoms with Gasteiger partial charge in [-0.25, -0.2) is 0 Å².